The van der Waals surface area contributed by atoms with Gasteiger partial charge in [0.25, 0.3) is 5.91 Å². The Balaban J connectivity index is 1.59. The number of carbonyl (C=O) groups excluding carboxylic acids is 1. The molecule has 8 heteroatoms. The van der Waals surface area contributed by atoms with Crippen molar-refractivity contribution in [2.45, 2.75) is 13.0 Å². The molecule has 3 aromatic rings. The molecule has 0 aliphatic carbocycles. The monoisotopic (exact) mass is 443 g/mol. The number of hydrogen-bond acceptors (Lipinski definition) is 3. The fraction of sp³-hybridized carbons (Fsp3) is 0.0909. The fourth-order valence-electron chi connectivity index (χ4n) is 2.72. The van der Waals surface area contributed by atoms with E-state index in [-0.39, 0.29) is 5.56 Å². The first-order valence-corrected chi connectivity index (χ1v) is 9.83. The Morgan fingerprint density at radius 1 is 0.967 bits per heavy atom. The van der Waals surface area contributed by atoms with Crippen molar-refractivity contribution in [2.24, 2.45) is 0 Å². The zero-order valence-electron chi connectivity index (χ0n) is 15.9. The van der Waals surface area contributed by atoms with Gasteiger partial charge in [0.05, 0.1) is 11.7 Å². The number of thiocarbonyl (C=S) groups is 1. The zero-order valence-corrected chi connectivity index (χ0v) is 17.5. The van der Waals surface area contributed by atoms with Crippen LogP contribution in [0.25, 0.3) is 0 Å². The van der Waals surface area contributed by atoms with Gasteiger partial charge in [-0.15, -0.1) is 0 Å². The maximum absolute atomic E-state index is 13.7. The lowest BCUT2D eigenvalue weighted by molar-refractivity contribution is 0.102. The third-order valence-corrected chi connectivity index (χ3v) is 4.76. The normalized spacial score (nSPS) is 11.5. The lowest BCUT2D eigenvalue weighted by atomic mass is 10.1. The standard InChI is InChI=1S/C22H19ClFN3O2S/c1-13(28)17-11-10-16(12-19(17)23)27-22(30)26-15-8-6-14(7-9-15)25-21(29)18-4-2-3-5-20(18)24/h2-13,28H,1H3,(H,25,29)(H2,26,27,30). The molecule has 0 radical (unpaired) electrons. The molecule has 0 fully saturated rings. The Morgan fingerprint density at radius 3 is 2.13 bits per heavy atom. The van der Waals surface area contributed by atoms with E-state index in [0.717, 1.165) is 0 Å². The van der Waals surface area contributed by atoms with Crippen LogP contribution in [0.5, 0.6) is 0 Å². The van der Waals surface area contributed by atoms with Gasteiger partial charge in [-0.25, -0.2) is 4.39 Å². The molecule has 0 aromatic heterocycles. The van der Waals surface area contributed by atoms with Crippen molar-refractivity contribution in [3.05, 3.63) is 88.7 Å². The highest BCUT2D eigenvalue weighted by Crippen LogP contribution is 2.26. The summed E-state index contributed by atoms with van der Waals surface area (Å²) in [6.07, 6.45) is -0.658. The Labute approximate surface area is 183 Å². The first-order valence-electron chi connectivity index (χ1n) is 9.05. The lowest BCUT2D eigenvalue weighted by Gasteiger charge is -2.13. The Kier molecular flexibility index (Phi) is 6.99. The van der Waals surface area contributed by atoms with Crippen molar-refractivity contribution >= 4 is 51.9 Å². The number of rotatable bonds is 5. The van der Waals surface area contributed by atoms with Crippen molar-refractivity contribution in [3.8, 4) is 0 Å². The fourth-order valence-corrected chi connectivity index (χ4v) is 3.29. The minimum atomic E-state index is -0.658. The lowest BCUT2D eigenvalue weighted by Crippen LogP contribution is -2.19. The summed E-state index contributed by atoms with van der Waals surface area (Å²) in [6.45, 7) is 1.64. The summed E-state index contributed by atoms with van der Waals surface area (Å²) in [5.41, 5.74) is 2.51. The van der Waals surface area contributed by atoms with Gasteiger partial charge in [-0.1, -0.05) is 29.8 Å². The summed E-state index contributed by atoms with van der Waals surface area (Å²) >= 11 is 11.5. The van der Waals surface area contributed by atoms with Gasteiger partial charge in [0.15, 0.2) is 5.11 Å². The van der Waals surface area contributed by atoms with Crippen LogP contribution in [0.1, 0.15) is 28.9 Å². The van der Waals surface area contributed by atoms with Crippen LogP contribution in [-0.4, -0.2) is 16.1 Å². The number of aliphatic hydroxyl groups is 1. The second-order valence-corrected chi connectivity index (χ2v) is 7.32. The topological polar surface area (TPSA) is 73.4 Å². The average Bonchev–Trinajstić information content (AvgIpc) is 2.69. The number of halogens is 2. The molecule has 1 unspecified atom stereocenters. The maximum atomic E-state index is 13.7. The van der Waals surface area contributed by atoms with Crippen molar-refractivity contribution in [3.63, 3.8) is 0 Å². The highest BCUT2D eigenvalue weighted by Gasteiger charge is 2.11. The predicted molar refractivity (Wildman–Crippen MR) is 123 cm³/mol. The quantitative estimate of drug-likeness (QED) is 0.387. The van der Waals surface area contributed by atoms with Crippen molar-refractivity contribution in [1.29, 1.82) is 0 Å². The number of anilines is 3. The number of hydrogen-bond donors (Lipinski definition) is 4. The maximum Gasteiger partial charge on any atom is 0.258 e. The van der Waals surface area contributed by atoms with E-state index in [1.807, 2.05) is 0 Å². The van der Waals surface area contributed by atoms with E-state index in [9.17, 15) is 14.3 Å². The van der Waals surface area contributed by atoms with Crippen LogP contribution in [-0.2, 0) is 0 Å². The molecule has 5 nitrogen and oxygen atoms in total. The third-order valence-electron chi connectivity index (χ3n) is 4.23. The van der Waals surface area contributed by atoms with Gasteiger partial charge in [0.1, 0.15) is 5.82 Å². The number of nitrogens with one attached hydrogen (secondary N) is 3. The first-order chi connectivity index (χ1) is 14.3. The molecule has 154 valence electrons. The molecular weight excluding hydrogens is 425 g/mol. The van der Waals surface area contributed by atoms with Gasteiger partial charge in [0.2, 0.25) is 0 Å². The first kappa shape index (κ1) is 21.7. The summed E-state index contributed by atoms with van der Waals surface area (Å²) < 4.78 is 13.7. The molecule has 0 spiro atoms. The van der Waals surface area contributed by atoms with Crippen LogP contribution < -0.4 is 16.0 Å². The predicted octanol–water partition coefficient (Wildman–Crippen LogP) is 5.59. The van der Waals surface area contributed by atoms with E-state index < -0.39 is 17.8 Å². The molecule has 1 atom stereocenters. The third kappa shape index (κ3) is 5.54. The van der Waals surface area contributed by atoms with E-state index in [1.165, 1.54) is 18.2 Å². The van der Waals surface area contributed by atoms with Crippen LogP contribution in [0.2, 0.25) is 5.02 Å². The average molecular weight is 444 g/mol. The summed E-state index contributed by atoms with van der Waals surface area (Å²) in [7, 11) is 0. The minimum Gasteiger partial charge on any atom is -0.389 e. The molecule has 0 saturated carbocycles. The molecular formula is C22H19ClFN3O2S. The number of aliphatic hydroxyl groups excluding tert-OH is 1. The Bertz CT molecular complexity index is 1070. The van der Waals surface area contributed by atoms with E-state index in [2.05, 4.69) is 16.0 Å². The summed E-state index contributed by atoms with van der Waals surface area (Å²) in [4.78, 5) is 12.2. The SMILES string of the molecule is CC(O)c1ccc(NC(=S)Nc2ccc(NC(=O)c3ccccc3F)cc2)cc1Cl. The molecule has 3 aromatic carbocycles. The molecule has 0 heterocycles. The van der Waals surface area contributed by atoms with Crippen LogP contribution in [0, 0.1) is 5.82 Å². The van der Waals surface area contributed by atoms with E-state index in [0.29, 0.717) is 32.8 Å². The second kappa shape index (κ2) is 9.67. The minimum absolute atomic E-state index is 0.0228. The van der Waals surface area contributed by atoms with E-state index in [4.69, 9.17) is 23.8 Å². The Hall–Kier alpha value is -3.00. The van der Waals surface area contributed by atoms with Gasteiger partial charge in [-0.2, -0.15) is 0 Å². The van der Waals surface area contributed by atoms with E-state index >= 15 is 0 Å². The van der Waals surface area contributed by atoms with Gasteiger partial charge >= 0.3 is 0 Å². The van der Waals surface area contributed by atoms with Crippen molar-refractivity contribution in [1.82, 2.24) is 0 Å². The zero-order chi connectivity index (χ0) is 21.7. The van der Waals surface area contributed by atoms with Crippen LogP contribution >= 0.6 is 23.8 Å². The molecule has 0 aliphatic heterocycles. The highest BCUT2D eigenvalue weighted by molar-refractivity contribution is 7.80. The van der Waals surface area contributed by atoms with Crippen LogP contribution in [0.3, 0.4) is 0 Å². The largest absolute Gasteiger partial charge is 0.389 e. The number of benzene rings is 3. The molecule has 0 bridgehead atoms. The summed E-state index contributed by atoms with van der Waals surface area (Å²) in [6, 6.07) is 17.8. The molecule has 0 aliphatic rings. The van der Waals surface area contributed by atoms with Crippen LogP contribution in [0.15, 0.2) is 66.7 Å². The van der Waals surface area contributed by atoms with Crippen molar-refractivity contribution < 1.29 is 14.3 Å². The van der Waals surface area contributed by atoms with Crippen LogP contribution in [0.4, 0.5) is 21.5 Å². The van der Waals surface area contributed by atoms with Gasteiger partial charge in [-0.05, 0) is 73.2 Å². The molecule has 3 rings (SSSR count). The molecule has 4 N–H and O–H groups in total. The molecule has 30 heavy (non-hydrogen) atoms. The van der Waals surface area contributed by atoms with Gasteiger partial charge < -0.3 is 21.1 Å². The smallest absolute Gasteiger partial charge is 0.258 e. The van der Waals surface area contributed by atoms with Crippen molar-refractivity contribution in [2.75, 3.05) is 16.0 Å². The molecule has 1 amide bonds. The summed E-state index contributed by atoms with van der Waals surface area (Å²) in [5.74, 6) is -1.10. The second-order valence-electron chi connectivity index (χ2n) is 6.50. The molecule has 0 saturated heterocycles. The summed E-state index contributed by atoms with van der Waals surface area (Å²) in [5, 5.41) is 19.1. The number of carbonyl (C=O) groups is 1. The van der Waals surface area contributed by atoms with Gasteiger partial charge in [-0.3, -0.25) is 4.79 Å². The number of amides is 1. The van der Waals surface area contributed by atoms with E-state index in [1.54, 1.807) is 55.5 Å². The highest BCUT2D eigenvalue weighted by atomic mass is 35.5. The van der Waals surface area contributed by atoms with Gasteiger partial charge in [0, 0.05) is 22.1 Å². The Morgan fingerprint density at radius 2 is 1.53 bits per heavy atom.